The van der Waals surface area contributed by atoms with E-state index in [1.54, 1.807) is 11.4 Å². The van der Waals surface area contributed by atoms with Crippen molar-refractivity contribution in [1.29, 1.82) is 0 Å². The summed E-state index contributed by atoms with van der Waals surface area (Å²) in [7, 11) is -3.59. The summed E-state index contributed by atoms with van der Waals surface area (Å²) in [5.74, 6) is -0.493. The van der Waals surface area contributed by atoms with E-state index >= 15 is 0 Å². The summed E-state index contributed by atoms with van der Waals surface area (Å²) in [5, 5.41) is 4.56. The molecule has 0 unspecified atom stereocenters. The van der Waals surface area contributed by atoms with Crippen molar-refractivity contribution in [3.8, 4) is 0 Å². The van der Waals surface area contributed by atoms with E-state index in [0.717, 1.165) is 30.6 Å². The van der Waals surface area contributed by atoms with Gasteiger partial charge in [0.25, 0.3) is 5.91 Å². The minimum atomic E-state index is -3.59. The van der Waals surface area contributed by atoms with Gasteiger partial charge in [-0.15, -0.1) is 11.3 Å². The third kappa shape index (κ3) is 6.41. The van der Waals surface area contributed by atoms with Crippen LogP contribution in [0.4, 0.5) is 0 Å². The molecule has 0 aromatic carbocycles. The number of nitrogens with one attached hydrogen (secondary N) is 2. The van der Waals surface area contributed by atoms with Crippen LogP contribution in [0.2, 0.25) is 0 Å². The Labute approximate surface area is 152 Å². The average Bonchev–Trinajstić information content (AvgIpc) is 3.10. The third-order valence-electron chi connectivity index (χ3n) is 4.20. The van der Waals surface area contributed by atoms with Crippen molar-refractivity contribution in [2.24, 2.45) is 5.92 Å². The molecule has 0 spiro atoms. The van der Waals surface area contributed by atoms with Crippen molar-refractivity contribution in [2.45, 2.75) is 49.3 Å². The molecule has 1 aliphatic carbocycles. The molecule has 1 aromatic rings. The minimum absolute atomic E-state index is 0.0691. The van der Waals surface area contributed by atoms with Crippen molar-refractivity contribution in [1.82, 2.24) is 10.0 Å². The first-order valence-corrected chi connectivity index (χ1v) is 10.7. The number of rotatable bonds is 8. The van der Waals surface area contributed by atoms with Crippen molar-refractivity contribution >= 4 is 33.2 Å². The first-order chi connectivity index (χ1) is 11.9. The predicted octanol–water partition coefficient (Wildman–Crippen LogP) is 1.65. The number of ether oxygens (including phenoxy) is 1. The van der Waals surface area contributed by atoms with Gasteiger partial charge in [-0.05, 0) is 30.2 Å². The second-order valence-electron chi connectivity index (χ2n) is 6.18. The maximum Gasteiger partial charge on any atom is 0.307 e. The number of carbonyl (C=O) groups is 2. The third-order valence-corrected chi connectivity index (χ3v) is 7.06. The number of sulfonamides is 1. The van der Waals surface area contributed by atoms with Gasteiger partial charge in [-0.2, -0.15) is 0 Å². The van der Waals surface area contributed by atoms with Gasteiger partial charge in [0, 0.05) is 12.6 Å². The molecule has 2 atom stereocenters. The van der Waals surface area contributed by atoms with Crippen LogP contribution in [-0.2, 0) is 24.3 Å². The van der Waals surface area contributed by atoms with Crippen LogP contribution >= 0.6 is 11.3 Å². The van der Waals surface area contributed by atoms with E-state index in [1.165, 1.54) is 12.5 Å². The lowest BCUT2D eigenvalue weighted by Crippen LogP contribution is -2.43. The first kappa shape index (κ1) is 19.9. The van der Waals surface area contributed by atoms with Crippen molar-refractivity contribution in [3.05, 3.63) is 17.5 Å². The highest BCUT2D eigenvalue weighted by molar-refractivity contribution is 7.91. The first-order valence-electron chi connectivity index (χ1n) is 8.36. The van der Waals surface area contributed by atoms with Crippen LogP contribution < -0.4 is 10.0 Å². The molecular weight excluding hydrogens is 364 g/mol. The van der Waals surface area contributed by atoms with Gasteiger partial charge in [0.1, 0.15) is 4.21 Å². The molecule has 0 aliphatic heterocycles. The Kier molecular flexibility index (Phi) is 7.39. The van der Waals surface area contributed by atoms with Crippen LogP contribution in [0.15, 0.2) is 21.7 Å². The zero-order valence-corrected chi connectivity index (χ0v) is 15.8. The Morgan fingerprint density at radius 1 is 1.32 bits per heavy atom. The molecule has 25 heavy (non-hydrogen) atoms. The Morgan fingerprint density at radius 3 is 2.76 bits per heavy atom. The lowest BCUT2D eigenvalue weighted by atomic mass is 9.86. The lowest BCUT2D eigenvalue weighted by Gasteiger charge is -2.29. The SMILES string of the molecule is C[C@@H]1CCCC[C@@H]1NC(=O)COC(=O)CCNS(=O)(=O)c1cccs1. The highest BCUT2D eigenvalue weighted by Crippen LogP contribution is 2.23. The molecule has 140 valence electrons. The fourth-order valence-electron chi connectivity index (χ4n) is 2.77. The fraction of sp³-hybridized carbons (Fsp3) is 0.625. The Bertz CT molecular complexity index is 673. The van der Waals surface area contributed by atoms with E-state index in [4.69, 9.17) is 4.74 Å². The van der Waals surface area contributed by atoms with Gasteiger partial charge in [0.05, 0.1) is 6.42 Å². The maximum absolute atomic E-state index is 11.9. The monoisotopic (exact) mass is 388 g/mol. The van der Waals surface area contributed by atoms with Gasteiger partial charge in [0.15, 0.2) is 6.61 Å². The molecule has 0 saturated heterocycles. The summed E-state index contributed by atoms with van der Waals surface area (Å²) in [6.07, 6.45) is 4.20. The summed E-state index contributed by atoms with van der Waals surface area (Å²) in [5.41, 5.74) is 0. The van der Waals surface area contributed by atoms with Crippen LogP contribution in [0.3, 0.4) is 0 Å². The van der Waals surface area contributed by atoms with Crippen molar-refractivity contribution in [2.75, 3.05) is 13.2 Å². The molecular formula is C16H24N2O5S2. The molecule has 1 aromatic heterocycles. The molecule has 9 heteroatoms. The highest BCUT2D eigenvalue weighted by Gasteiger charge is 2.23. The molecule has 2 N–H and O–H groups in total. The van der Waals surface area contributed by atoms with E-state index in [9.17, 15) is 18.0 Å². The lowest BCUT2D eigenvalue weighted by molar-refractivity contribution is -0.148. The van der Waals surface area contributed by atoms with Gasteiger partial charge >= 0.3 is 5.97 Å². The number of thiophene rings is 1. The molecule has 1 fully saturated rings. The van der Waals surface area contributed by atoms with Gasteiger partial charge in [-0.3, -0.25) is 9.59 Å². The number of amides is 1. The number of carbonyl (C=O) groups excluding carboxylic acids is 2. The largest absolute Gasteiger partial charge is 0.456 e. The predicted molar refractivity (Wildman–Crippen MR) is 94.6 cm³/mol. The number of hydrogen-bond acceptors (Lipinski definition) is 6. The van der Waals surface area contributed by atoms with Gasteiger partial charge in [0.2, 0.25) is 10.0 Å². The van der Waals surface area contributed by atoms with Crippen LogP contribution in [0.1, 0.15) is 39.0 Å². The standard InChI is InChI=1S/C16H24N2O5S2/c1-12-5-2-3-6-13(12)18-14(19)11-23-15(20)8-9-17-25(21,22)16-7-4-10-24-16/h4,7,10,12-13,17H,2-3,5-6,8-9,11H2,1H3,(H,18,19)/t12-,13+/m1/s1. The van der Waals surface area contributed by atoms with Crippen molar-refractivity contribution in [3.63, 3.8) is 0 Å². The zero-order chi connectivity index (χ0) is 18.3. The van der Waals surface area contributed by atoms with Crippen LogP contribution in [-0.4, -0.2) is 39.5 Å². The summed E-state index contributed by atoms with van der Waals surface area (Å²) in [6.45, 7) is 1.70. The Morgan fingerprint density at radius 2 is 2.08 bits per heavy atom. The number of esters is 1. The quantitative estimate of drug-likeness (QED) is 0.660. The molecule has 0 radical (unpaired) electrons. The summed E-state index contributed by atoms with van der Waals surface area (Å²) in [6, 6.07) is 3.26. The van der Waals surface area contributed by atoms with E-state index in [1.807, 2.05) is 0 Å². The van der Waals surface area contributed by atoms with Gasteiger partial charge in [-0.1, -0.05) is 25.8 Å². The van der Waals surface area contributed by atoms with Gasteiger partial charge in [-0.25, -0.2) is 13.1 Å². The summed E-state index contributed by atoms with van der Waals surface area (Å²) >= 11 is 1.10. The van der Waals surface area contributed by atoms with E-state index in [2.05, 4.69) is 17.0 Å². The molecule has 2 rings (SSSR count). The summed E-state index contributed by atoms with van der Waals surface area (Å²) < 4.78 is 31.2. The molecule has 1 aliphatic rings. The zero-order valence-electron chi connectivity index (χ0n) is 14.2. The normalized spacial score (nSPS) is 20.8. The number of hydrogen-bond donors (Lipinski definition) is 2. The maximum atomic E-state index is 11.9. The minimum Gasteiger partial charge on any atom is -0.456 e. The molecule has 0 bridgehead atoms. The Balaban J connectivity index is 1.64. The van der Waals surface area contributed by atoms with E-state index in [-0.39, 0.29) is 35.7 Å². The van der Waals surface area contributed by atoms with Crippen LogP contribution in [0.5, 0.6) is 0 Å². The molecule has 1 heterocycles. The molecule has 1 amide bonds. The second kappa shape index (κ2) is 9.30. The fourth-order valence-corrected chi connectivity index (χ4v) is 4.84. The van der Waals surface area contributed by atoms with Crippen molar-refractivity contribution < 1.29 is 22.7 Å². The molecule has 7 nitrogen and oxygen atoms in total. The highest BCUT2D eigenvalue weighted by atomic mass is 32.2. The van der Waals surface area contributed by atoms with E-state index < -0.39 is 16.0 Å². The van der Waals surface area contributed by atoms with Gasteiger partial charge < -0.3 is 10.1 Å². The summed E-state index contributed by atoms with van der Waals surface area (Å²) in [4.78, 5) is 23.5. The van der Waals surface area contributed by atoms with Crippen LogP contribution in [0, 0.1) is 5.92 Å². The second-order valence-corrected chi connectivity index (χ2v) is 9.12. The Hall–Kier alpha value is -1.45. The topological polar surface area (TPSA) is 102 Å². The average molecular weight is 389 g/mol. The molecule has 1 saturated carbocycles. The van der Waals surface area contributed by atoms with E-state index in [0.29, 0.717) is 5.92 Å². The van der Waals surface area contributed by atoms with Crippen LogP contribution in [0.25, 0.3) is 0 Å². The smallest absolute Gasteiger partial charge is 0.307 e.